The average molecular weight is 285 g/mol. The lowest BCUT2D eigenvalue weighted by Gasteiger charge is -2.33. The van der Waals surface area contributed by atoms with Gasteiger partial charge in [-0.05, 0) is 55.3 Å². The van der Waals surface area contributed by atoms with Crippen LogP contribution in [0.15, 0.2) is 23.3 Å². The van der Waals surface area contributed by atoms with E-state index in [9.17, 15) is 4.79 Å². The van der Waals surface area contributed by atoms with Crippen molar-refractivity contribution in [3.05, 3.63) is 29.3 Å². The summed E-state index contributed by atoms with van der Waals surface area (Å²) in [5, 5.41) is 7.57. The fourth-order valence-corrected chi connectivity index (χ4v) is 3.46. The molecule has 3 aliphatic heterocycles. The van der Waals surface area contributed by atoms with Crippen molar-refractivity contribution in [2.45, 2.75) is 37.7 Å². The first-order valence-electron chi connectivity index (χ1n) is 7.63. The zero-order valence-electron chi connectivity index (χ0n) is 11.9. The highest BCUT2D eigenvalue weighted by atomic mass is 16.5. The SMILES string of the molecule is O=C1CCC(c2ccc3c(c2)CC2(CCNCC2)O3)=NN1. The summed E-state index contributed by atoms with van der Waals surface area (Å²) in [6.07, 6.45) is 4.34. The minimum Gasteiger partial charge on any atom is -0.487 e. The number of hydrogen-bond acceptors (Lipinski definition) is 4. The number of hydrogen-bond donors (Lipinski definition) is 2. The molecule has 0 aromatic heterocycles. The molecule has 21 heavy (non-hydrogen) atoms. The highest BCUT2D eigenvalue weighted by Gasteiger charge is 2.40. The molecule has 1 spiro atoms. The number of benzene rings is 1. The Hall–Kier alpha value is -1.88. The average Bonchev–Trinajstić information content (AvgIpc) is 2.85. The maximum Gasteiger partial charge on any atom is 0.240 e. The molecule has 3 heterocycles. The van der Waals surface area contributed by atoms with Crippen LogP contribution in [-0.2, 0) is 11.2 Å². The quantitative estimate of drug-likeness (QED) is 0.819. The molecule has 0 unspecified atom stereocenters. The van der Waals surface area contributed by atoms with E-state index in [1.54, 1.807) is 0 Å². The first-order chi connectivity index (χ1) is 10.2. The molecular formula is C16H19N3O2. The smallest absolute Gasteiger partial charge is 0.240 e. The number of ether oxygens (including phenoxy) is 1. The Morgan fingerprint density at radius 3 is 2.81 bits per heavy atom. The molecule has 1 saturated heterocycles. The van der Waals surface area contributed by atoms with Crippen LogP contribution >= 0.6 is 0 Å². The van der Waals surface area contributed by atoms with Crippen LogP contribution in [0, 0.1) is 0 Å². The Balaban J connectivity index is 1.59. The second-order valence-electron chi connectivity index (χ2n) is 6.13. The third kappa shape index (κ3) is 2.31. The third-order valence-corrected chi connectivity index (χ3v) is 4.65. The summed E-state index contributed by atoms with van der Waals surface area (Å²) in [6.45, 7) is 2.05. The van der Waals surface area contributed by atoms with Gasteiger partial charge in [-0.2, -0.15) is 5.10 Å². The number of piperidine rings is 1. The van der Waals surface area contributed by atoms with Gasteiger partial charge in [-0.15, -0.1) is 0 Å². The monoisotopic (exact) mass is 285 g/mol. The maximum absolute atomic E-state index is 11.2. The standard InChI is InChI=1S/C16H19N3O2/c20-15-4-2-13(18-19-15)11-1-3-14-12(9-11)10-16(21-14)5-7-17-8-6-16/h1,3,9,17H,2,4-8,10H2,(H,19,20). The Bertz CT molecular complexity index is 618. The van der Waals surface area contributed by atoms with Crippen LogP contribution in [0.25, 0.3) is 0 Å². The van der Waals surface area contributed by atoms with Crippen molar-refractivity contribution in [2.75, 3.05) is 13.1 Å². The van der Waals surface area contributed by atoms with Crippen molar-refractivity contribution in [3.8, 4) is 5.75 Å². The molecule has 1 aromatic rings. The molecule has 4 rings (SSSR count). The maximum atomic E-state index is 11.2. The summed E-state index contributed by atoms with van der Waals surface area (Å²) >= 11 is 0. The number of nitrogens with one attached hydrogen (secondary N) is 2. The molecule has 0 atom stereocenters. The van der Waals surface area contributed by atoms with Crippen LogP contribution in [0.4, 0.5) is 0 Å². The highest BCUT2D eigenvalue weighted by Crippen LogP contribution is 2.40. The van der Waals surface area contributed by atoms with E-state index in [-0.39, 0.29) is 11.5 Å². The second kappa shape index (κ2) is 4.84. The largest absolute Gasteiger partial charge is 0.487 e. The molecule has 1 fully saturated rings. The summed E-state index contributed by atoms with van der Waals surface area (Å²) in [7, 11) is 0. The highest BCUT2D eigenvalue weighted by molar-refractivity contribution is 6.04. The van der Waals surface area contributed by atoms with Crippen LogP contribution in [0.3, 0.4) is 0 Å². The van der Waals surface area contributed by atoms with E-state index in [0.29, 0.717) is 12.8 Å². The third-order valence-electron chi connectivity index (χ3n) is 4.65. The van der Waals surface area contributed by atoms with Crippen molar-refractivity contribution in [2.24, 2.45) is 5.10 Å². The summed E-state index contributed by atoms with van der Waals surface area (Å²) in [6, 6.07) is 6.29. The topological polar surface area (TPSA) is 62.7 Å². The molecule has 0 radical (unpaired) electrons. The summed E-state index contributed by atoms with van der Waals surface area (Å²) in [5.41, 5.74) is 5.89. The number of carbonyl (C=O) groups excluding carboxylic acids is 1. The molecule has 0 aliphatic carbocycles. The molecule has 2 N–H and O–H groups in total. The van der Waals surface area contributed by atoms with E-state index >= 15 is 0 Å². The number of carbonyl (C=O) groups is 1. The molecule has 3 aliphatic rings. The predicted octanol–water partition coefficient (Wildman–Crippen LogP) is 1.36. The number of fused-ring (bicyclic) bond motifs is 1. The van der Waals surface area contributed by atoms with Crippen molar-refractivity contribution in [3.63, 3.8) is 0 Å². The lowest BCUT2D eigenvalue weighted by Crippen LogP contribution is -2.45. The summed E-state index contributed by atoms with van der Waals surface area (Å²) in [5.74, 6) is 1.01. The number of rotatable bonds is 1. The second-order valence-corrected chi connectivity index (χ2v) is 6.13. The summed E-state index contributed by atoms with van der Waals surface area (Å²) < 4.78 is 6.25. The van der Waals surface area contributed by atoms with E-state index in [1.165, 1.54) is 5.56 Å². The van der Waals surface area contributed by atoms with Crippen LogP contribution in [0.2, 0.25) is 0 Å². The molecular weight excluding hydrogens is 266 g/mol. The van der Waals surface area contributed by atoms with Gasteiger partial charge in [0.2, 0.25) is 5.91 Å². The van der Waals surface area contributed by atoms with Gasteiger partial charge in [0.1, 0.15) is 11.4 Å². The molecule has 110 valence electrons. The van der Waals surface area contributed by atoms with Gasteiger partial charge in [0.05, 0.1) is 5.71 Å². The van der Waals surface area contributed by atoms with E-state index < -0.39 is 0 Å². The van der Waals surface area contributed by atoms with Crippen molar-refractivity contribution in [1.29, 1.82) is 0 Å². The zero-order valence-corrected chi connectivity index (χ0v) is 11.9. The fraction of sp³-hybridized carbons (Fsp3) is 0.500. The van der Waals surface area contributed by atoms with E-state index in [0.717, 1.165) is 49.4 Å². The van der Waals surface area contributed by atoms with Gasteiger partial charge >= 0.3 is 0 Å². The van der Waals surface area contributed by atoms with Gasteiger partial charge < -0.3 is 10.1 Å². The van der Waals surface area contributed by atoms with Crippen molar-refractivity contribution < 1.29 is 9.53 Å². The first-order valence-corrected chi connectivity index (χ1v) is 7.63. The Morgan fingerprint density at radius 2 is 2.05 bits per heavy atom. The molecule has 5 nitrogen and oxygen atoms in total. The number of amides is 1. The van der Waals surface area contributed by atoms with Gasteiger partial charge in [-0.3, -0.25) is 4.79 Å². The molecule has 0 saturated carbocycles. The zero-order chi connectivity index (χ0) is 14.3. The summed E-state index contributed by atoms with van der Waals surface area (Å²) in [4.78, 5) is 11.2. The number of nitrogens with zero attached hydrogens (tertiary/aromatic N) is 1. The molecule has 5 heteroatoms. The minimum atomic E-state index is -0.00516. The van der Waals surface area contributed by atoms with Crippen LogP contribution in [-0.4, -0.2) is 30.3 Å². The minimum absolute atomic E-state index is 0.00287. The van der Waals surface area contributed by atoms with E-state index in [2.05, 4.69) is 34.0 Å². The van der Waals surface area contributed by atoms with E-state index in [1.807, 2.05) is 0 Å². The Kier molecular flexibility index (Phi) is 2.96. The number of hydrazone groups is 1. The van der Waals surface area contributed by atoms with Crippen LogP contribution in [0.1, 0.15) is 36.8 Å². The normalized spacial score (nSPS) is 23.2. The predicted molar refractivity (Wildman–Crippen MR) is 79.5 cm³/mol. The Labute approximate surface area is 123 Å². The van der Waals surface area contributed by atoms with Crippen LogP contribution < -0.4 is 15.5 Å². The van der Waals surface area contributed by atoms with Gasteiger partial charge in [0, 0.05) is 19.3 Å². The van der Waals surface area contributed by atoms with Crippen molar-refractivity contribution >= 4 is 11.6 Å². The van der Waals surface area contributed by atoms with Crippen LogP contribution in [0.5, 0.6) is 5.75 Å². The van der Waals surface area contributed by atoms with E-state index in [4.69, 9.17) is 4.74 Å². The lowest BCUT2D eigenvalue weighted by atomic mass is 9.87. The fourth-order valence-electron chi connectivity index (χ4n) is 3.46. The molecule has 1 aromatic carbocycles. The van der Waals surface area contributed by atoms with Gasteiger partial charge in [0.25, 0.3) is 0 Å². The molecule has 1 amide bonds. The van der Waals surface area contributed by atoms with Gasteiger partial charge in [-0.1, -0.05) is 0 Å². The molecule has 0 bridgehead atoms. The first kappa shape index (κ1) is 12.8. The Morgan fingerprint density at radius 1 is 1.19 bits per heavy atom. The van der Waals surface area contributed by atoms with Gasteiger partial charge in [-0.25, -0.2) is 5.43 Å². The van der Waals surface area contributed by atoms with Gasteiger partial charge in [0.15, 0.2) is 0 Å². The van der Waals surface area contributed by atoms with Crippen molar-refractivity contribution in [1.82, 2.24) is 10.7 Å². The lowest BCUT2D eigenvalue weighted by molar-refractivity contribution is -0.121.